The number of ether oxygens (including phenoxy) is 2. The van der Waals surface area contributed by atoms with Gasteiger partial charge in [0.1, 0.15) is 12.2 Å². The summed E-state index contributed by atoms with van der Waals surface area (Å²) in [6.45, 7) is 3.56. The zero-order valence-corrected chi connectivity index (χ0v) is 7.98. The third-order valence-electron chi connectivity index (χ3n) is 2.15. The molecule has 4 heteroatoms. The van der Waals surface area contributed by atoms with Gasteiger partial charge >= 0.3 is 0 Å². The van der Waals surface area contributed by atoms with E-state index in [2.05, 4.69) is 0 Å². The molecule has 13 heavy (non-hydrogen) atoms. The first-order valence-electron chi connectivity index (χ1n) is 4.81. The molecule has 0 spiro atoms. The van der Waals surface area contributed by atoms with E-state index in [4.69, 9.17) is 9.47 Å². The first-order chi connectivity index (χ1) is 6.25. The van der Waals surface area contributed by atoms with Crippen molar-refractivity contribution in [1.82, 2.24) is 0 Å². The van der Waals surface area contributed by atoms with Gasteiger partial charge in [-0.25, -0.2) is 0 Å². The fourth-order valence-electron chi connectivity index (χ4n) is 1.35. The van der Waals surface area contributed by atoms with E-state index in [0.717, 1.165) is 6.42 Å². The molecule has 3 unspecified atom stereocenters. The zero-order chi connectivity index (χ0) is 9.68. The van der Waals surface area contributed by atoms with Crippen LogP contribution < -0.4 is 0 Å². The summed E-state index contributed by atoms with van der Waals surface area (Å²) in [5, 5.41) is 18.8. The van der Waals surface area contributed by atoms with Gasteiger partial charge in [0.15, 0.2) is 0 Å². The normalized spacial score (nSPS) is 34.8. The minimum Gasteiger partial charge on any atom is -0.390 e. The maximum atomic E-state index is 9.48. The molecule has 0 aromatic rings. The highest BCUT2D eigenvalue weighted by atomic mass is 16.5. The second-order valence-electron chi connectivity index (χ2n) is 3.33. The van der Waals surface area contributed by atoms with Crippen molar-refractivity contribution in [3.63, 3.8) is 0 Å². The van der Waals surface area contributed by atoms with Crippen molar-refractivity contribution >= 4 is 0 Å². The third-order valence-corrected chi connectivity index (χ3v) is 2.15. The lowest BCUT2D eigenvalue weighted by Crippen LogP contribution is -2.46. The van der Waals surface area contributed by atoms with Crippen LogP contribution >= 0.6 is 0 Å². The van der Waals surface area contributed by atoms with Crippen LogP contribution in [0.4, 0.5) is 0 Å². The Morgan fingerprint density at radius 1 is 1.46 bits per heavy atom. The monoisotopic (exact) mass is 190 g/mol. The standard InChI is InChI=1S/C9H18O4/c1-2-4-12-6-8-9(11)7(10)3-5-13-8/h7-11H,2-6H2,1H3. The van der Waals surface area contributed by atoms with Gasteiger partial charge in [0.2, 0.25) is 0 Å². The van der Waals surface area contributed by atoms with Crippen LogP contribution in [0.3, 0.4) is 0 Å². The molecule has 1 saturated heterocycles. The first-order valence-corrected chi connectivity index (χ1v) is 4.81. The predicted octanol–water partition coefficient (Wildman–Crippen LogP) is -0.0763. The van der Waals surface area contributed by atoms with Crippen LogP contribution in [0.1, 0.15) is 19.8 Å². The summed E-state index contributed by atoms with van der Waals surface area (Å²) in [7, 11) is 0. The highest BCUT2D eigenvalue weighted by molar-refractivity contribution is 4.80. The molecule has 1 heterocycles. The Kier molecular flexibility index (Phi) is 4.66. The summed E-state index contributed by atoms with van der Waals surface area (Å²) in [6, 6.07) is 0. The Hall–Kier alpha value is -0.160. The fourth-order valence-corrected chi connectivity index (χ4v) is 1.35. The van der Waals surface area contributed by atoms with Gasteiger partial charge in [-0.3, -0.25) is 0 Å². The van der Waals surface area contributed by atoms with Crippen molar-refractivity contribution in [3.05, 3.63) is 0 Å². The zero-order valence-electron chi connectivity index (χ0n) is 7.98. The molecule has 0 aromatic heterocycles. The van der Waals surface area contributed by atoms with Gasteiger partial charge < -0.3 is 19.7 Å². The minimum atomic E-state index is -0.800. The molecular weight excluding hydrogens is 172 g/mol. The molecule has 2 N–H and O–H groups in total. The lowest BCUT2D eigenvalue weighted by atomic mass is 10.0. The molecule has 0 bridgehead atoms. The van der Waals surface area contributed by atoms with Crippen LogP contribution in [-0.4, -0.2) is 48.3 Å². The van der Waals surface area contributed by atoms with Crippen molar-refractivity contribution in [3.8, 4) is 0 Å². The van der Waals surface area contributed by atoms with Crippen LogP contribution in [0.15, 0.2) is 0 Å². The Labute approximate surface area is 78.5 Å². The van der Waals surface area contributed by atoms with E-state index in [1.807, 2.05) is 6.92 Å². The quantitative estimate of drug-likeness (QED) is 0.609. The first kappa shape index (κ1) is 10.9. The lowest BCUT2D eigenvalue weighted by molar-refractivity contribution is -0.154. The van der Waals surface area contributed by atoms with Gasteiger partial charge in [-0.2, -0.15) is 0 Å². The second kappa shape index (κ2) is 5.54. The van der Waals surface area contributed by atoms with E-state index in [1.54, 1.807) is 0 Å². The molecule has 0 aromatic carbocycles. The summed E-state index contributed by atoms with van der Waals surface area (Å²) in [6.07, 6.45) is -0.374. The van der Waals surface area contributed by atoms with Gasteiger partial charge in [0.05, 0.1) is 12.7 Å². The molecular formula is C9H18O4. The highest BCUT2D eigenvalue weighted by Gasteiger charge is 2.31. The number of rotatable bonds is 4. The average Bonchev–Trinajstić information content (AvgIpc) is 2.13. The van der Waals surface area contributed by atoms with Gasteiger partial charge in [-0.05, 0) is 12.8 Å². The topological polar surface area (TPSA) is 58.9 Å². The summed E-state index contributed by atoms with van der Waals surface area (Å²) in [5.74, 6) is 0. The number of hydrogen-bond donors (Lipinski definition) is 2. The van der Waals surface area contributed by atoms with Crippen LogP contribution in [-0.2, 0) is 9.47 Å². The molecule has 0 aliphatic carbocycles. The van der Waals surface area contributed by atoms with Crippen molar-refractivity contribution in [2.45, 2.75) is 38.1 Å². The maximum Gasteiger partial charge on any atom is 0.109 e. The highest BCUT2D eigenvalue weighted by Crippen LogP contribution is 2.14. The molecule has 78 valence electrons. The lowest BCUT2D eigenvalue weighted by Gasteiger charge is -2.31. The Balaban J connectivity index is 2.23. The summed E-state index contributed by atoms with van der Waals surface area (Å²) >= 11 is 0. The number of aliphatic hydroxyl groups is 2. The van der Waals surface area contributed by atoms with Gasteiger partial charge in [0.25, 0.3) is 0 Å². The largest absolute Gasteiger partial charge is 0.390 e. The fraction of sp³-hybridized carbons (Fsp3) is 1.00. The van der Waals surface area contributed by atoms with Gasteiger partial charge in [-0.1, -0.05) is 6.92 Å². The van der Waals surface area contributed by atoms with Crippen molar-refractivity contribution < 1.29 is 19.7 Å². The van der Waals surface area contributed by atoms with Crippen LogP contribution in [0.5, 0.6) is 0 Å². The van der Waals surface area contributed by atoms with Crippen molar-refractivity contribution in [2.75, 3.05) is 19.8 Å². The van der Waals surface area contributed by atoms with E-state index >= 15 is 0 Å². The smallest absolute Gasteiger partial charge is 0.109 e. The molecule has 0 radical (unpaired) electrons. The molecule has 3 atom stereocenters. The molecule has 1 rings (SSSR count). The Bertz CT molecular complexity index is 140. The summed E-state index contributed by atoms with van der Waals surface area (Å²) < 4.78 is 10.5. The van der Waals surface area contributed by atoms with E-state index < -0.39 is 12.2 Å². The molecule has 4 nitrogen and oxygen atoms in total. The second-order valence-corrected chi connectivity index (χ2v) is 3.33. The van der Waals surface area contributed by atoms with Crippen molar-refractivity contribution in [2.24, 2.45) is 0 Å². The van der Waals surface area contributed by atoms with Gasteiger partial charge in [0, 0.05) is 13.2 Å². The molecule has 1 fully saturated rings. The Morgan fingerprint density at radius 3 is 2.92 bits per heavy atom. The van der Waals surface area contributed by atoms with E-state index in [-0.39, 0.29) is 6.10 Å². The predicted molar refractivity (Wildman–Crippen MR) is 47.5 cm³/mol. The summed E-state index contributed by atoms with van der Waals surface area (Å²) in [5.41, 5.74) is 0. The molecule has 0 saturated carbocycles. The number of aliphatic hydroxyl groups excluding tert-OH is 2. The molecule has 1 aliphatic rings. The van der Waals surface area contributed by atoms with Crippen LogP contribution in [0, 0.1) is 0 Å². The maximum absolute atomic E-state index is 9.48. The van der Waals surface area contributed by atoms with E-state index in [9.17, 15) is 10.2 Å². The van der Waals surface area contributed by atoms with Crippen LogP contribution in [0.25, 0.3) is 0 Å². The van der Waals surface area contributed by atoms with Crippen LogP contribution in [0.2, 0.25) is 0 Å². The Morgan fingerprint density at radius 2 is 2.23 bits per heavy atom. The SMILES string of the molecule is CCCOCC1OCCC(O)C1O. The number of hydrogen-bond acceptors (Lipinski definition) is 4. The van der Waals surface area contributed by atoms with E-state index in [1.165, 1.54) is 0 Å². The molecule has 1 aliphatic heterocycles. The van der Waals surface area contributed by atoms with Gasteiger partial charge in [-0.15, -0.1) is 0 Å². The molecule has 0 amide bonds. The third kappa shape index (κ3) is 3.23. The average molecular weight is 190 g/mol. The minimum absolute atomic E-state index is 0.365. The van der Waals surface area contributed by atoms with Crippen molar-refractivity contribution in [1.29, 1.82) is 0 Å². The summed E-state index contributed by atoms with van der Waals surface area (Å²) in [4.78, 5) is 0. The van der Waals surface area contributed by atoms with E-state index in [0.29, 0.717) is 26.2 Å².